The molecule has 0 aliphatic heterocycles. The van der Waals surface area contributed by atoms with Gasteiger partial charge in [-0.2, -0.15) is 0 Å². The fourth-order valence-electron chi connectivity index (χ4n) is 3.71. The molecule has 3 aromatic rings. The molecule has 6 heteroatoms. The molecule has 0 saturated carbocycles. The van der Waals surface area contributed by atoms with Crippen molar-refractivity contribution in [3.8, 4) is 5.75 Å². The van der Waals surface area contributed by atoms with E-state index >= 15 is 0 Å². The van der Waals surface area contributed by atoms with Crippen LogP contribution in [-0.4, -0.2) is 35.4 Å². The Morgan fingerprint density at radius 3 is 2.34 bits per heavy atom. The predicted octanol–water partition coefficient (Wildman–Crippen LogP) is 5.58. The summed E-state index contributed by atoms with van der Waals surface area (Å²) in [7, 11) is 0. The summed E-state index contributed by atoms with van der Waals surface area (Å²) in [5.41, 5.74) is 2.90. The second-order valence-corrected chi connectivity index (χ2v) is 9.21. The van der Waals surface area contributed by atoms with Crippen LogP contribution in [0.1, 0.15) is 37.0 Å². The molecule has 0 aliphatic carbocycles. The largest absolute Gasteiger partial charge is 0.484 e. The average Bonchev–Trinajstić information content (AvgIpc) is 2.86. The molecular formula is C29H33ClN2O3. The number of benzene rings is 3. The molecular weight excluding hydrogens is 460 g/mol. The van der Waals surface area contributed by atoms with Gasteiger partial charge in [0, 0.05) is 24.0 Å². The maximum atomic E-state index is 13.6. The minimum absolute atomic E-state index is 0.00296. The van der Waals surface area contributed by atoms with Gasteiger partial charge in [0.1, 0.15) is 11.8 Å². The Labute approximate surface area is 213 Å². The first kappa shape index (κ1) is 26.3. The molecule has 0 aromatic heterocycles. The summed E-state index contributed by atoms with van der Waals surface area (Å²) in [5, 5.41) is 3.68. The number of nitrogens with zero attached hydrogens (tertiary/aromatic N) is 1. The molecule has 0 unspecified atom stereocenters. The van der Waals surface area contributed by atoms with Crippen LogP contribution in [0.15, 0.2) is 78.9 Å². The molecule has 3 aromatic carbocycles. The number of hydrogen-bond donors (Lipinski definition) is 1. The Bertz CT molecular complexity index is 1100. The summed E-state index contributed by atoms with van der Waals surface area (Å²) in [5.74, 6) is 0.177. The predicted molar refractivity (Wildman–Crippen MR) is 141 cm³/mol. The van der Waals surface area contributed by atoms with Gasteiger partial charge >= 0.3 is 0 Å². The second-order valence-electron chi connectivity index (χ2n) is 8.78. The van der Waals surface area contributed by atoms with Crippen LogP contribution >= 0.6 is 11.6 Å². The summed E-state index contributed by atoms with van der Waals surface area (Å²) in [6.45, 7) is 6.04. The molecule has 2 amide bonds. The standard InChI is InChI=1S/C29H33ClN2O3/c1-4-22(3)31-29(34)27(18-23-10-6-5-7-11-23)32(19-24-13-15-25(30)16-14-24)28(33)20-35-26-12-8-9-21(2)17-26/h5-17,22,27H,4,18-20H2,1-3H3,(H,31,34)/t22-,27+/m0/s1. The van der Waals surface area contributed by atoms with Crippen molar-refractivity contribution in [1.82, 2.24) is 10.2 Å². The van der Waals surface area contributed by atoms with E-state index < -0.39 is 6.04 Å². The highest BCUT2D eigenvalue weighted by Crippen LogP contribution is 2.18. The lowest BCUT2D eigenvalue weighted by Crippen LogP contribution is -2.53. The number of ether oxygens (including phenoxy) is 1. The van der Waals surface area contributed by atoms with Crippen molar-refractivity contribution in [2.45, 2.75) is 52.2 Å². The smallest absolute Gasteiger partial charge is 0.261 e. The number of nitrogens with one attached hydrogen (secondary N) is 1. The van der Waals surface area contributed by atoms with Gasteiger partial charge in [-0.1, -0.05) is 73.1 Å². The summed E-state index contributed by atoms with van der Waals surface area (Å²) >= 11 is 6.07. The highest BCUT2D eigenvalue weighted by molar-refractivity contribution is 6.30. The molecule has 184 valence electrons. The van der Waals surface area contributed by atoms with Crippen LogP contribution in [0.3, 0.4) is 0 Å². The summed E-state index contributed by atoms with van der Waals surface area (Å²) < 4.78 is 5.82. The Morgan fingerprint density at radius 1 is 0.971 bits per heavy atom. The SMILES string of the molecule is CC[C@H](C)NC(=O)[C@@H](Cc1ccccc1)N(Cc1ccc(Cl)cc1)C(=O)COc1cccc(C)c1. The monoisotopic (exact) mass is 492 g/mol. The van der Waals surface area contributed by atoms with Gasteiger partial charge in [-0.15, -0.1) is 0 Å². The third kappa shape index (κ3) is 8.15. The lowest BCUT2D eigenvalue weighted by Gasteiger charge is -2.32. The van der Waals surface area contributed by atoms with Crippen LogP contribution in [0.4, 0.5) is 0 Å². The number of rotatable bonds is 11. The number of carbonyl (C=O) groups is 2. The van der Waals surface area contributed by atoms with Crippen LogP contribution in [0, 0.1) is 6.92 Å². The van der Waals surface area contributed by atoms with E-state index in [0.29, 0.717) is 17.2 Å². The van der Waals surface area contributed by atoms with Crippen LogP contribution in [0.2, 0.25) is 5.02 Å². The Morgan fingerprint density at radius 2 is 1.69 bits per heavy atom. The lowest BCUT2D eigenvalue weighted by molar-refractivity contribution is -0.143. The Hall–Kier alpha value is -3.31. The maximum absolute atomic E-state index is 13.6. The van der Waals surface area contributed by atoms with Gasteiger partial charge in [-0.05, 0) is 61.2 Å². The lowest BCUT2D eigenvalue weighted by atomic mass is 10.0. The van der Waals surface area contributed by atoms with E-state index in [4.69, 9.17) is 16.3 Å². The first-order valence-corrected chi connectivity index (χ1v) is 12.3. The van der Waals surface area contributed by atoms with Crippen molar-refractivity contribution in [1.29, 1.82) is 0 Å². The van der Waals surface area contributed by atoms with Crippen LogP contribution in [-0.2, 0) is 22.6 Å². The fourth-order valence-corrected chi connectivity index (χ4v) is 3.84. The van der Waals surface area contributed by atoms with Gasteiger partial charge < -0.3 is 15.0 Å². The van der Waals surface area contributed by atoms with E-state index in [0.717, 1.165) is 23.1 Å². The molecule has 0 saturated heterocycles. The minimum Gasteiger partial charge on any atom is -0.484 e. The fraction of sp³-hybridized carbons (Fsp3) is 0.310. The molecule has 0 radical (unpaired) electrons. The van der Waals surface area contributed by atoms with Crippen molar-refractivity contribution in [3.05, 3.63) is 101 Å². The van der Waals surface area contributed by atoms with Crippen LogP contribution < -0.4 is 10.1 Å². The first-order valence-electron chi connectivity index (χ1n) is 11.9. The summed E-state index contributed by atoms with van der Waals surface area (Å²) in [6.07, 6.45) is 1.19. The molecule has 0 heterocycles. The molecule has 1 N–H and O–H groups in total. The van der Waals surface area contributed by atoms with Gasteiger partial charge in [-0.3, -0.25) is 9.59 Å². The molecule has 35 heavy (non-hydrogen) atoms. The van der Waals surface area contributed by atoms with Gasteiger partial charge in [0.05, 0.1) is 0 Å². The third-order valence-electron chi connectivity index (χ3n) is 5.89. The van der Waals surface area contributed by atoms with E-state index in [1.807, 2.05) is 87.5 Å². The number of hydrogen-bond acceptors (Lipinski definition) is 3. The van der Waals surface area contributed by atoms with E-state index in [1.165, 1.54) is 0 Å². The van der Waals surface area contributed by atoms with Crippen molar-refractivity contribution in [2.24, 2.45) is 0 Å². The van der Waals surface area contributed by atoms with E-state index in [-0.39, 0.29) is 31.0 Å². The third-order valence-corrected chi connectivity index (χ3v) is 6.14. The Balaban J connectivity index is 1.90. The number of aryl methyl sites for hydroxylation is 1. The molecule has 3 rings (SSSR count). The number of halogens is 1. The zero-order chi connectivity index (χ0) is 25.2. The van der Waals surface area contributed by atoms with Gasteiger partial charge in [0.15, 0.2) is 6.61 Å². The molecule has 2 atom stereocenters. The normalized spacial score (nSPS) is 12.5. The van der Waals surface area contributed by atoms with E-state index in [2.05, 4.69) is 5.32 Å². The molecule has 0 spiro atoms. The van der Waals surface area contributed by atoms with Crippen molar-refractivity contribution < 1.29 is 14.3 Å². The van der Waals surface area contributed by atoms with Crippen molar-refractivity contribution in [2.75, 3.05) is 6.61 Å². The van der Waals surface area contributed by atoms with Gasteiger partial charge in [0.25, 0.3) is 5.91 Å². The highest BCUT2D eigenvalue weighted by Gasteiger charge is 2.31. The van der Waals surface area contributed by atoms with Gasteiger partial charge in [-0.25, -0.2) is 0 Å². The molecule has 0 aliphatic rings. The Kier molecular flexibility index (Phi) is 9.74. The number of carbonyl (C=O) groups excluding carboxylic acids is 2. The molecule has 5 nitrogen and oxygen atoms in total. The highest BCUT2D eigenvalue weighted by atomic mass is 35.5. The quantitative estimate of drug-likeness (QED) is 0.380. The van der Waals surface area contributed by atoms with Gasteiger partial charge in [0.2, 0.25) is 5.91 Å². The van der Waals surface area contributed by atoms with Crippen LogP contribution in [0.5, 0.6) is 5.75 Å². The second kappa shape index (κ2) is 13.0. The van der Waals surface area contributed by atoms with E-state index in [9.17, 15) is 9.59 Å². The average molecular weight is 493 g/mol. The molecule has 0 bridgehead atoms. The maximum Gasteiger partial charge on any atom is 0.261 e. The first-order chi connectivity index (χ1) is 16.9. The zero-order valence-corrected chi connectivity index (χ0v) is 21.3. The zero-order valence-electron chi connectivity index (χ0n) is 20.5. The molecule has 0 fully saturated rings. The van der Waals surface area contributed by atoms with Crippen LogP contribution in [0.25, 0.3) is 0 Å². The topological polar surface area (TPSA) is 58.6 Å². The minimum atomic E-state index is -0.698. The van der Waals surface area contributed by atoms with E-state index in [1.54, 1.807) is 17.0 Å². The number of amides is 2. The van der Waals surface area contributed by atoms with Crippen molar-refractivity contribution in [3.63, 3.8) is 0 Å². The van der Waals surface area contributed by atoms with Crippen molar-refractivity contribution >= 4 is 23.4 Å². The summed E-state index contributed by atoms with van der Waals surface area (Å²) in [6, 6.07) is 23.9. The summed E-state index contributed by atoms with van der Waals surface area (Å²) in [4.78, 5) is 28.6.